The van der Waals surface area contributed by atoms with E-state index in [1.54, 1.807) is 0 Å². The maximum Gasteiger partial charge on any atom is 0.103 e. The highest BCUT2D eigenvalue weighted by molar-refractivity contribution is 5.22. The molecular formula is C17H28N2O. The highest BCUT2D eigenvalue weighted by atomic mass is 16.3. The number of aliphatic hydroxyl groups is 1. The summed E-state index contributed by atoms with van der Waals surface area (Å²) in [5.41, 5.74) is 5.89. The van der Waals surface area contributed by atoms with Crippen LogP contribution in [0.25, 0.3) is 0 Å². The Morgan fingerprint density at radius 1 is 1.30 bits per heavy atom. The summed E-state index contributed by atoms with van der Waals surface area (Å²) in [6.45, 7) is 6.81. The minimum Gasteiger partial charge on any atom is -0.384 e. The molecule has 0 aromatic heterocycles. The van der Waals surface area contributed by atoms with Gasteiger partial charge in [0.2, 0.25) is 0 Å². The molecule has 1 aliphatic carbocycles. The summed E-state index contributed by atoms with van der Waals surface area (Å²) in [6, 6.07) is 10.6. The van der Waals surface area contributed by atoms with Crippen molar-refractivity contribution in [1.29, 1.82) is 0 Å². The molecule has 0 saturated heterocycles. The van der Waals surface area contributed by atoms with Crippen molar-refractivity contribution < 1.29 is 5.11 Å². The van der Waals surface area contributed by atoms with Crippen LogP contribution in [0.2, 0.25) is 0 Å². The molecule has 3 heteroatoms. The number of hydrogen-bond acceptors (Lipinski definition) is 3. The molecule has 3 N–H and O–H groups in total. The lowest BCUT2D eigenvalue weighted by molar-refractivity contribution is 0.0236. The fraction of sp³-hybridized carbons (Fsp3) is 0.647. The summed E-state index contributed by atoms with van der Waals surface area (Å²) in [5.74, 6) is 0.665. The summed E-state index contributed by atoms with van der Waals surface area (Å²) in [7, 11) is 0. The fourth-order valence-corrected chi connectivity index (χ4v) is 2.77. The van der Waals surface area contributed by atoms with Gasteiger partial charge in [-0.2, -0.15) is 0 Å². The van der Waals surface area contributed by atoms with Gasteiger partial charge in [-0.3, -0.25) is 0 Å². The first-order valence-electron chi connectivity index (χ1n) is 7.77. The van der Waals surface area contributed by atoms with E-state index in [1.807, 2.05) is 30.3 Å². The molecule has 112 valence electrons. The average molecular weight is 276 g/mol. The quantitative estimate of drug-likeness (QED) is 0.766. The van der Waals surface area contributed by atoms with Crippen LogP contribution < -0.4 is 5.73 Å². The second-order valence-electron chi connectivity index (χ2n) is 6.47. The Balaban J connectivity index is 1.98. The first kappa shape index (κ1) is 15.5. The van der Waals surface area contributed by atoms with Crippen LogP contribution in [0.3, 0.4) is 0 Å². The van der Waals surface area contributed by atoms with Crippen molar-refractivity contribution in [3.8, 4) is 0 Å². The number of hydrogen-bond donors (Lipinski definition) is 2. The number of nitrogens with zero attached hydrogens (tertiary/aromatic N) is 1. The van der Waals surface area contributed by atoms with Gasteiger partial charge in [-0.25, -0.2) is 0 Å². The third-order valence-corrected chi connectivity index (χ3v) is 4.12. The minimum absolute atomic E-state index is 0.275. The molecule has 0 bridgehead atoms. The predicted octanol–water partition coefficient (Wildman–Crippen LogP) is 2.34. The maximum atomic E-state index is 10.8. The molecule has 0 radical (unpaired) electrons. The number of nitrogens with two attached hydrogens (primary N) is 1. The smallest absolute Gasteiger partial charge is 0.103 e. The van der Waals surface area contributed by atoms with Gasteiger partial charge in [0.15, 0.2) is 0 Å². The molecule has 0 heterocycles. The van der Waals surface area contributed by atoms with E-state index < -0.39 is 5.60 Å². The number of benzene rings is 1. The van der Waals surface area contributed by atoms with Crippen molar-refractivity contribution in [3.63, 3.8) is 0 Å². The molecule has 2 rings (SSSR count). The van der Waals surface area contributed by atoms with Gasteiger partial charge >= 0.3 is 0 Å². The Bertz CT molecular complexity index is 403. The molecule has 1 fully saturated rings. The zero-order valence-electron chi connectivity index (χ0n) is 12.8. The van der Waals surface area contributed by atoms with E-state index >= 15 is 0 Å². The highest BCUT2D eigenvalue weighted by Gasteiger charge is 2.33. The molecule has 1 aliphatic rings. The molecule has 0 spiro atoms. The van der Waals surface area contributed by atoms with Crippen molar-refractivity contribution in [2.24, 2.45) is 11.7 Å². The molecule has 20 heavy (non-hydrogen) atoms. The summed E-state index contributed by atoms with van der Waals surface area (Å²) in [4.78, 5) is 2.52. The Morgan fingerprint density at radius 3 is 2.45 bits per heavy atom. The van der Waals surface area contributed by atoms with Crippen LogP contribution in [0.5, 0.6) is 0 Å². The predicted molar refractivity (Wildman–Crippen MR) is 83.4 cm³/mol. The zero-order chi connectivity index (χ0) is 14.6. The van der Waals surface area contributed by atoms with Gasteiger partial charge < -0.3 is 15.7 Å². The van der Waals surface area contributed by atoms with Gasteiger partial charge in [-0.05, 0) is 30.7 Å². The summed E-state index contributed by atoms with van der Waals surface area (Å²) in [5, 5.41) is 10.8. The van der Waals surface area contributed by atoms with Crippen molar-refractivity contribution in [1.82, 2.24) is 4.90 Å². The second-order valence-corrected chi connectivity index (χ2v) is 6.47. The van der Waals surface area contributed by atoms with E-state index in [0.717, 1.165) is 24.7 Å². The van der Waals surface area contributed by atoms with Gasteiger partial charge in [-0.15, -0.1) is 0 Å². The van der Waals surface area contributed by atoms with Crippen LogP contribution in [-0.2, 0) is 5.60 Å². The fourth-order valence-electron chi connectivity index (χ4n) is 2.77. The van der Waals surface area contributed by atoms with Gasteiger partial charge in [0.1, 0.15) is 5.60 Å². The van der Waals surface area contributed by atoms with Gasteiger partial charge in [0.05, 0.1) is 0 Å². The Labute approximate surface area is 122 Å². The molecule has 0 amide bonds. The van der Waals surface area contributed by atoms with Crippen LogP contribution in [-0.4, -0.2) is 35.7 Å². The van der Waals surface area contributed by atoms with Crippen molar-refractivity contribution in [2.45, 2.75) is 44.8 Å². The molecule has 1 atom stereocenters. The van der Waals surface area contributed by atoms with Crippen LogP contribution in [0.15, 0.2) is 30.3 Å². The molecule has 0 aliphatic heterocycles. The average Bonchev–Trinajstić information content (AvgIpc) is 3.28. The first-order chi connectivity index (χ1) is 9.55. The SMILES string of the molecule is CC(C)CN(CCC(O)(CN)c1ccccc1)C1CC1. The van der Waals surface area contributed by atoms with E-state index in [-0.39, 0.29) is 6.54 Å². The lowest BCUT2D eigenvalue weighted by Gasteiger charge is -2.31. The van der Waals surface area contributed by atoms with Gasteiger partial charge in [-0.1, -0.05) is 44.2 Å². The molecule has 1 unspecified atom stereocenters. The second kappa shape index (κ2) is 6.70. The van der Waals surface area contributed by atoms with Crippen LogP contribution >= 0.6 is 0 Å². The summed E-state index contributed by atoms with van der Waals surface area (Å²) >= 11 is 0. The Morgan fingerprint density at radius 2 is 1.95 bits per heavy atom. The maximum absolute atomic E-state index is 10.8. The topological polar surface area (TPSA) is 49.5 Å². The Kier molecular flexibility index (Phi) is 5.19. The molecular weight excluding hydrogens is 248 g/mol. The number of rotatable bonds is 8. The van der Waals surface area contributed by atoms with Crippen LogP contribution in [0.1, 0.15) is 38.7 Å². The summed E-state index contributed by atoms with van der Waals surface area (Å²) < 4.78 is 0. The highest BCUT2D eigenvalue weighted by Crippen LogP contribution is 2.30. The normalized spacial score (nSPS) is 18.5. The van der Waals surface area contributed by atoms with E-state index in [0.29, 0.717) is 12.3 Å². The lowest BCUT2D eigenvalue weighted by atomic mass is 9.90. The standard InChI is InChI=1S/C17H28N2O/c1-14(2)12-19(16-8-9-16)11-10-17(20,13-18)15-6-4-3-5-7-15/h3-7,14,16,20H,8-13,18H2,1-2H3. The van der Waals surface area contributed by atoms with E-state index in [1.165, 1.54) is 12.8 Å². The van der Waals surface area contributed by atoms with Crippen LogP contribution in [0, 0.1) is 5.92 Å². The van der Waals surface area contributed by atoms with Crippen molar-refractivity contribution in [2.75, 3.05) is 19.6 Å². The zero-order valence-corrected chi connectivity index (χ0v) is 12.8. The minimum atomic E-state index is -0.897. The van der Waals surface area contributed by atoms with E-state index in [9.17, 15) is 5.11 Å². The third kappa shape index (κ3) is 4.05. The molecule has 1 saturated carbocycles. The van der Waals surface area contributed by atoms with E-state index in [2.05, 4.69) is 18.7 Å². The Hall–Kier alpha value is -0.900. The van der Waals surface area contributed by atoms with E-state index in [4.69, 9.17) is 5.73 Å². The molecule has 3 nitrogen and oxygen atoms in total. The monoisotopic (exact) mass is 276 g/mol. The molecule has 1 aromatic rings. The third-order valence-electron chi connectivity index (χ3n) is 4.12. The first-order valence-corrected chi connectivity index (χ1v) is 7.77. The largest absolute Gasteiger partial charge is 0.384 e. The summed E-state index contributed by atoms with van der Waals surface area (Å²) in [6.07, 6.45) is 3.31. The molecule has 1 aromatic carbocycles. The van der Waals surface area contributed by atoms with Crippen molar-refractivity contribution >= 4 is 0 Å². The lowest BCUT2D eigenvalue weighted by Crippen LogP contribution is -2.40. The van der Waals surface area contributed by atoms with Gasteiger partial charge in [0, 0.05) is 25.7 Å². The van der Waals surface area contributed by atoms with Crippen LogP contribution in [0.4, 0.5) is 0 Å². The van der Waals surface area contributed by atoms with Crippen molar-refractivity contribution in [3.05, 3.63) is 35.9 Å². The van der Waals surface area contributed by atoms with Gasteiger partial charge in [0.25, 0.3) is 0 Å².